The lowest BCUT2D eigenvalue weighted by molar-refractivity contribution is -0.616. The van der Waals surface area contributed by atoms with E-state index >= 15 is 0 Å². The highest BCUT2D eigenvalue weighted by Gasteiger charge is 2.36. The summed E-state index contributed by atoms with van der Waals surface area (Å²) in [6, 6.07) is 14.0. The number of aromatic nitrogens is 2. The standard InChI is InChI=1S/C16H10Cl2N2.CHF3O3S/c1-20-13-7-6-9(17)8-11(13)14(18)15-16(20)10-4-2-3-5-12(10)19-15;2-1(3,4)8(5,6)7/h2-8H,1H3;(H,5,6,7). The van der Waals surface area contributed by atoms with Gasteiger partial charge >= 0.3 is 5.51 Å². The number of alkyl halides is 3. The maximum atomic E-state index is 10.7. The van der Waals surface area contributed by atoms with Gasteiger partial charge in [-0.1, -0.05) is 35.3 Å². The molecule has 2 heterocycles. The second kappa shape index (κ2) is 7.07. The second-order valence-electron chi connectivity index (χ2n) is 5.83. The van der Waals surface area contributed by atoms with Gasteiger partial charge in [0.1, 0.15) is 12.6 Å². The number of hydrogen-bond donors (Lipinski definition) is 1. The monoisotopic (exact) mass is 450 g/mol. The molecule has 0 spiro atoms. The van der Waals surface area contributed by atoms with Gasteiger partial charge < -0.3 is 9.54 Å². The molecule has 0 radical (unpaired) electrons. The molecule has 0 aliphatic rings. The second-order valence-corrected chi connectivity index (χ2v) is 8.01. The summed E-state index contributed by atoms with van der Waals surface area (Å²) < 4.78 is 61.1. The maximum absolute atomic E-state index is 10.7. The Morgan fingerprint density at radius 2 is 1.68 bits per heavy atom. The van der Waals surface area contributed by atoms with Gasteiger partial charge in [0.05, 0.1) is 21.3 Å². The lowest BCUT2D eigenvalue weighted by Gasteiger charge is -2.08. The molecule has 28 heavy (non-hydrogen) atoms. The highest BCUT2D eigenvalue weighted by Crippen LogP contribution is 2.33. The number of aromatic amines is 1. The molecule has 0 aliphatic heterocycles. The third-order valence-electron chi connectivity index (χ3n) is 4.07. The van der Waals surface area contributed by atoms with Gasteiger partial charge in [0.2, 0.25) is 11.0 Å². The first-order valence-corrected chi connectivity index (χ1v) is 9.77. The molecular weight excluding hydrogens is 440 g/mol. The molecule has 2 aromatic heterocycles. The summed E-state index contributed by atoms with van der Waals surface area (Å²) in [5.74, 6) is 0. The summed E-state index contributed by atoms with van der Waals surface area (Å²) in [6.07, 6.45) is 0. The van der Waals surface area contributed by atoms with Gasteiger partial charge in [-0.25, -0.2) is 8.42 Å². The van der Waals surface area contributed by atoms with Crippen molar-refractivity contribution in [2.45, 2.75) is 5.51 Å². The van der Waals surface area contributed by atoms with E-state index < -0.39 is 15.6 Å². The van der Waals surface area contributed by atoms with Crippen LogP contribution in [0.15, 0.2) is 42.5 Å². The van der Waals surface area contributed by atoms with Crippen LogP contribution in [0.4, 0.5) is 13.2 Å². The van der Waals surface area contributed by atoms with Gasteiger partial charge in [0, 0.05) is 11.1 Å². The molecule has 4 rings (SSSR count). The number of benzene rings is 2. The fourth-order valence-electron chi connectivity index (χ4n) is 2.87. The van der Waals surface area contributed by atoms with Crippen LogP contribution in [0.1, 0.15) is 0 Å². The summed E-state index contributed by atoms with van der Waals surface area (Å²) in [5, 5.41) is 3.53. The highest BCUT2D eigenvalue weighted by atomic mass is 35.5. The molecule has 0 atom stereocenters. The number of hydrogen-bond acceptors (Lipinski definition) is 3. The summed E-state index contributed by atoms with van der Waals surface area (Å²) >= 11 is 12.7. The first-order valence-electron chi connectivity index (χ1n) is 7.61. The largest absolute Gasteiger partial charge is 0.741 e. The zero-order valence-corrected chi connectivity index (χ0v) is 16.3. The van der Waals surface area contributed by atoms with Crippen molar-refractivity contribution in [3.8, 4) is 0 Å². The Bertz CT molecular complexity index is 1320. The molecular formula is C17H11Cl2F3N2O3S. The van der Waals surface area contributed by atoms with E-state index in [-0.39, 0.29) is 0 Å². The molecule has 11 heteroatoms. The zero-order chi connectivity index (χ0) is 20.9. The van der Waals surface area contributed by atoms with Gasteiger partial charge in [0.15, 0.2) is 10.1 Å². The van der Waals surface area contributed by atoms with E-state index in [1.807, 2.05) is 30.3 Å². The Hall–Kier alpha value is -2.07. The van der Waals surface area contributed by atoms with Crippen molar-refractivity contribution < 1.29 is 30.7 Å². The number of nitrogens with zero attached hydrogens (tertiary/aromatic N) is 1. The van der Waals surface area contributed by atoms with Crippen LogP contribution < -0.4 is 4.57 Å². The minimum atomic E-state index is -6.09. The van der Waals surface area contributed by atoms with Crippen LogP contribution in [-0.4, -0.2) is 23.5 Å². The van der Waals surface area contributed by atoms with Crippen LogP contribution in [-0.2, 0) is 17.2 Å². The molecule has 0 aliphatic carbocycles. The highest BCUT2D eigenvalue weighted by molar-refractivity contribution is 7.86. The fraction of sp³-hybridized carbons (Fsp3) is 0.118. The predicted molar refractivity (Wildman–Crippen MR) is 100 cm³/mol. The molecule has 2 aromatic carbocycles. The Morgan fingerprint density at radius 3 is 2.29 bits per heavy atom. The third kappa shape index (κ3) is 3.62. The quantitative estimate of drug-likeness (QED) is 0.240. The van der Waals surface area contributed by atoms with Gasteiger partial charge in [-0.15, -0.1) is 0 Å². The van der Waals surface area contributed by atoms with Crippen molar-refractivity contribution in [1.29, 1.82) is 0 Å². The van der Waals surface area contributed by atoms with E-state index in [1.165, 1.54) is 5.39 Å². The van der Waals surface area contributed by atoms with Gasteiger partial charge in [-0.2, -0.15) is 17.7 Å². The van der Waals surface area contributed by atoms with Crippen molar-refractivity contribution in [3.63, 3.8) is 0 Å². The van der Waals surface area contributed by atoms with E-state index in [1.54, 1.807) is 0 Å². The lowest BCUT2D eigenvalue weighted by Crippen LogP contribution is -2.29. The fourth-order valence-corrected chi connectivity index (χ4v) is 3.33. The number of aryl methyl sites for hydroxylation is 1. The maximum Gasteiger partial charge on any atom is 0.485 e. The van der Waals surface area contributed by atoms with Crippen LogP contribution in [0.25, 0.3) is 32.8 Å². The van der Waals surface area contributed by atoms with E-state index in [0.29, 0.717) is 10.0 Å². The molecule has 148 valence electrons. The van der Waals surface area contributed by atoms with Crippen molar-refractivity contribution in [2.75, 3.05) is 0 Å². The molecule has 0 saturated heterocycles. The number of pyridine rings is 1. The number of H-pyrrole nitrogens is 1. The van der Waals surface area contributed by atoms with E-state index in [2.05, 4.69) is 28.7 Å². The summed E-state index contributed by atoms with van der Waals surface area (Å²) in [4.78, 5) is 3.40. The topological polar surface area (TPSA) is 76.9 Å². The molecule has 5 nitrogen and oxygen atoms in total. The Morgan fingerprint density at radius 1 is 1.07 bits per heavy atom. The van der Waals surface area contributed by atoms with E-state index in [4.69, 9.17) is 36.2 Å². The van der Waals surface area contributed by atoms with Gasteiger partial charge in [0.25, 0.3) is 0 Å². The molecule has 4 aromatic rings. The third-order valence-corrected chi connectivity index (χ3v) is 5.27. The average Bonchev–Trinajstić information content (AvgIpc) is 2.98. The number of nitrogens with one attached hydrogen (secondary N) is 1. The Balaban J connectivity index is 0.000000242. The van der Waals surface area contributed by atoms with Crippen molar-refractivity contribution in [1.82, 2.24) is 4.98 Å². The van der Waals surface area contributed by atoms with Gasteiger partial charge in [-0.3, -0.25) is 0 Å². The lowest BCUT2D eigenvalue weighted by atomic mass is 10.1. The number of halogens is 5. The van der Waals surface area contributed by atoms with Gasteiger partial charge in [-0.05, 0) is 24.3 Å². The summed E-state index contributed by atoms with van der Waals surface area (Å²) in [5.41, 5.74) is -1.43. The van der Waals surface area contributed by atoms with E-state index in [9.17, 15) is 13.2 Å². The number of rotatable bonds is 0. The summed E-state index contributed by atoms with van der Waals surface area (Å²) in [6.45, 7) is 0. The average molecular weight is 451 g/mol. The molecule has 0 fully saturated rings. The van der Waals surface area contributed by atoms with Crippen molar-refractivity contribution >= 4 is 66.2 Å². The smallest absolute Gasteiger partial charge is 0.485 e. The SMILES string of the molecule is C[n+]1c2ccc(Cl)cc2c(Cl)c2[nH]c3ccccc3c21.O=S(=O)([O-])C(F)(F)F. The minimum Gasteiger partial charge on any atom is -0.741 e. The zero-order valence-electron chi connectivity index (χ0n) is 14.0. The number of fused-ring (bicyclic) bond motifs is 4. The molecule has 1 N–H and O–H groups in total. The van der Waals surface area contributed by atoms with Crippen molar-refractivity contribution in [2.24, 2.45) is 7.05 Å². The molecule has 0 amide bonds. The normalized spacial score (nSPS) is 12.4. The Kier molecular flexibility index (Phi) is 5.22. The van der Waals surface area contributed by atoms with Crippen LogP contribution in [0, 0.1) is 0 Å². The molecule has 0 saturated carbocycles. The van der Waals surface area contributed by atoms with E-state index in [0.717, 1.165) is 27.5 Å². The van der Waals surface area contributed by atoms with Crippen LogP contribution in [0.2, 0.25) is 10.0 Å². The molecule has 0 bridgehead atoms. The Labute approximate surface area is 167 Å². The van der Waals surface area contributed by atoms with Crippen LogP contribution in [0.3, 0.4) is 0 Å². The first kappa shape index (κ1) is 20.7. The minimum absolute atomic E-state index is 0.690. The number of para-hydroxylation sites is 1. The molecule has 0 unspecified atom stereocenters. The summed E-state index contributed by atoms with van der Waals surface area (Å²) in [7, 11) is -4.04. The van der Waals surface area contributed by atoms with Crippen LogP contribution in [0.5, 0.6) is 0 Å². The van der Waals surface area contributed by atoms with Crippen molar-refractivity contribution in [3.05, 3.63) is 52.5 Å². The first-order chi connectivity index (χ1) is 12.9. The predicted octanol–water partition coefficient (Wildman–Crippen LogP) is 4.66. The van der Waals surface area contributed by atoms with Crippen LogP contribution >= 0.6 is 23.2 Å².